The van der Waals surface area contributed by atoms with Gasteiger partial charge < -0.3 is 10.2 Å². The summed E-state index contributed by atoms with van der Waals surface area (Å²) in [6, 6.07) is 18.2. The summed E-state index contributed by atoms with van der Waals surface area (Å²) in [6.45, 7) is 6.17. The molecular formula is C25H27N3O2. The maximum Gasteiger partial charge on any atom is 0.255 e. The molecule has 0 aliphatic carbocycles. The Morgan fingerprint density at radius 1 is 0.967 bits per heavy atom. The molecule has 3 aromatic rings. The highest BCUT2D eigenvalue weighted by Crippen LogP contribution is 2.27. The topological polar surface area (TPSA) is 62.3 Å². The number of benzene rings is 2. The Bertz CT molecular complexity index is 1010. The van der Waals surface area contributed by atoms with Gasteiger partial charge in [0.05, 0.1) is 5.69 Å². The third kappa shape index (κ3) is 4.57. The first-order valence-electron chi connectivity index (χ1n) is 9.97. The number of aromatic nitrogens is 1. The maximum absolute atomic E-state index is 13.9. The van der Waals surface area contributed by atoms with Gasteiger partial charge in [-0.2, -0.15) is 0 Å². The van der Waals surface area contributed by atoms with Gasteiger partial charge in [0.15, 0.2) is 6.04 Å². The summed E-state index contributed by atoms with van der Waals surface area (Å²) in [5, 5.41) is 2.70. The lowest BCUT2D eigenvalue weighted by molar-refractivity contribution is -0.125. The lowest BCUT2D eigenvalue weighted by Gasteiger charge is -2.31. The second-order valence-electron chi connectivity index (χ2n) is 7.46. The molecule has 5 nitrogen and oxygen atoms in total. The van der Waals surface area contributed by atoms with Crippen LogP contribution < -0.4 is 5.32 Å². The second kappa shape index (κ2) is 9.35. The van der Waals surface area contributed by atoms with Gasteiger partial charge in [-0.25, -0.2) is 0 Å². The van der Waals surface area contributed by atoms with Gasteiger partial charge >= 0.3 is 0 Å². The molecule has 154 valence electrons. The summed E-state index contributed by atoms with van der Waals surface area (Å²) >= 11 is 0. The molecule has 1 heterocycles. The van der Waals surface area contributed by atoms with Crippen LogP contribution in [0.5, 0.6) is 0 Å². The fraction of sp³-hybridized carbons (Fsp3) is 0.240. The normalized spacial score (nSPS) is 11.6. The van der Waals surface area contributed by atoms with Crippen LogP contribution in [0.25, 0.3) is 0 Å². The van der Waals surface area contributed by atoms with Crippen molar-refractivity contribution in [3.8, 4) is 0 Å². The number of rotatable bonds is 6. The predicted molar refractivity (Wildman–Crippen MR) is 118 cm³/mol. The van der Waals surface area contributed by atoms with Crippen LogP contribution in [0.4, 0.5) is 0 Å². The lowest BCUT2D eigenvalue weighted by atomic mass is 9.97. The fourth-order valence-electron chi connectivity index (χ4n) is 3.83. The van der Waals surface area contributed by atoms with Gasteiger partial charge in [-0.1, -0.05) is 54.1 Å². The number of pyridine rings is 1. The second-order valence-corrected chi connectivity index (χ2v) is 7.46. The molecule has 0 saturated heterocycles. The molecule has 0 saturated carbocycles. The van der Waals surface area contributed by atoms with Crippen molar-refractivity contribution < 1.29 is 9.59 Å². The van der Waals surface area contributed by atoms with Crippen molar-refractivity contribution in [2.75, 3.05) is 7.05 Å². The van der Waals surface area contributed by atoms with Crippen molar-refractivity contribution in [2.24, 2.45) is 0 Å². The van der Waals surface area contributed by atoms with Gasteiger partial charge in [0.2, 0.25) is 5.91 Å². The molecule has 1 atom stereocenters. The van der Waals surface area contributed by atoms with Gasteiger partial charge in [-0.05, 0) is 49.6 Å². The Balaban J connectivity index is 2.14. The molecule has 2 amide bonds. The summed E-state index contributed by atoms with van der Waals surface area (Å²) in [4.78, 5) is 32.8. The van der Waals surface area contributed by atoms with Gasteiger partial charge in [-0.3, -0.25) is 14.6 Å². The van der Waals surface area contributed by atoms with Crippen molar-refractivity contribution >= 4 is 11.8 Å². The minimum absolute atomic E-state index is 0.187. The van der Waals surface area contributed by atoms with Crippen LogP contribution in [0, 0.1) is 20.8 Å². The van der Waals surface area contributed by atoms with E-state index in [0.29, 0.717) is 17.8 Å². The number of likely N-dealkylation sites (N-methyl/N-ethyl adjacent to an activating group) is 1. The molecule has 3 rings (SSSR count). The van der Waals surface area contributed by atoms with Crippen LogP contribution in [0.1, 0.15) is 44.3 Å². The highest BCUT2D eigenvalue weighted by molar-refractivity contribution is 6.00. The van der Waals surface area contributed by atoms with E-state index in [1.165, 1.54) is 0 Å². The molecule has 2 aromatic carbocycles. The Labute approximate surface area is 177 Å². The molecule has 1 unspecified atom stereocenters. The Morgan fingerprint density at radius 2 is 1.60 bits per heavy atom. The zero-order valence-corrected chi connectivity index (χ0v) is 17.8. The van der Waals surface area contributed by atoms with E-state index in [0.717, 1.165) is 22.3 Å². The summed E-state index contributed by atoms with van der Waals surface area (Å²) < 4.78 is 0. The fourth-order valence-corrected chi connectivity index (χ4v) is 3.83. The highest BCUT2D eigenvalue weighted by Gasteiger charge is 2.33. The first kappa shape index (κ1) is 21.2. The quantitative estimate of drug-likeness (QED) is 0.675. The van der Waals surface area contributed by atoms with E-state index < -0.39 is 6.04 Å². The SMILES string of the molecule is CNC(=O)C(c1ccccn1)N(Cc1ccccc1)C(=O)c1c(C)cc(C)cc1C. The number of aryl methyl sites for hydroxylation is 3. The number of hydrogen-bond donors (Lipinski definition) is 1. The summed E-state index contributed by atoms with van der Waals surface area (Å²) in [5.74, 6) is -0.464. The number of carbonyl (C=O) groups is 2. The summed E-state index contributed by atoms with van der Waals surface area (Å²) in [7, 11) is 1.58. The third-order valence-electron chi connectivity index (χ3n) is 5.12. The van der Waals surface area contributed by atoms with Crippen molar-refractivity contribution in [1.82, 2.24) is 15.2 Å². The minimum Gasteiger partial charge on any atom is -0.357 e. The molecule has 5 heteroatoms. The minimum atomic E-state index is -0.844. The molecule has 1 aromatic heterocycles. The number of nitrogens with zero attached hydrogens (tertiary/aromatic N) is 2. The van der Waals surface area contributed by atoms with E-state index in [1.54, 1.807) is 30.3 Å². The first-order chi connectivity index (χ1) is 14.4. The van der Waals surface area contributed by atoms with Crippen LogP contribution in [-0.2, 0) is 11.3 Å². The average Bonchev–Trinajstić information content (AvgIpc) is 2.73. The lowest BCUT2D eigenvalue weighted by Crippen LogP contribution is -2.43. The number of hydrogen-bond acceptors (Lipinski definition) is 3. The van der Waals surface area contributed by atoms with Gasteiger partial charge in [0.1, 0.15) is 0 Å². The van der Waals surface area contributed by atoms with Crippen molar-refractivity contribution in [1.29, 1.82) is 0 Å². The Kier molecular flexibility index (Phi) is 6.62. The largest absolute Gasteiger partial charge is 0.357 e. The first-order valence-corrected chi connectivity index (χ1v) is 9.97. The molecular weight excluding hydrogens is 374 g/mol. The monoisotopic (exact) mass is 401 g/mol. The van der Waals surface area contributed by atoms with Gasteiger partial charge in [0.25, 0.3) is 5.91 Å². The molecule has 0 bridgehead atoms. The number of amides is 2. The molecule has 0 radical (unpaired) electrons. The van der Waals surface area contributed by atoms with E-state index in [2.05, 4.69) is 10.3 Å². The van der Waals surface area contributed by atoms with E-state index in [9.17, 15) is 9.59 Å². The molecule has 0 aliphatic rings. The standard InChI is InChI=1S/C25H27N3O2/c1-17-14-18(2)22(19(3)15-17)25(30)28(16-20-10-6-5-7-11-20)23(24(29)26-4)21-12-8-9-13-27-21/h5-15,23H,16H2,1-4H3,(H,26,29). The van der Waals surface area contributed by atoms with Crippen molar-refractivity contribution in [3.05, 3.63) is 100 Å². The van der Waals surface area contributed by atoms with Crippen LogP contribution in [0.15, 0.2) is 66.9 Å². The third-order valence-corrected chi connectivity index (χ3v) is 5.12. The van der Waals surface area contributed by atoms with E-state index in [-0.39, 0.29) is 11.8 Å². The Hall–Kier alpha value is -3.47. The van der Waals surface area contributed by atoms with Crippen LogP contribution >= 0.6 is 0 Å². The molecule has 1 N–H and O–H groups in total. The summed E-state index contributed by atoms with van der Waals surface area (Å²) in [6.07, 6.45) is 1.64. The zero-order valence-electron chi connectivity index (χ0n) is 17.8. The van der Waals surface area contributed by atoms with Crippen LogP contribution in [0.2, 0.25) is 0 Å². The van der Waals surface area contributed by atoms with Crippen molar-refractivity contribution in [3.63, 3.8) is 0 Å². The van der Waals surface area contributed by atoms with Crippen molar-refractivity contribution in [2.45, 2.75) is 33.4 Å². The van der Waals surface area contributed by atoms with E-state index in [4.69, 9.17) is 0 Å². The number of carbonyl (C=O) groups excluding carboxylic acids is 2. The Morgan fingerprint density at radius 3 is 2.17 bits per heavy atom. The summed E-state index contributed by atoms with van der Waals surface area (Å²) in [5.41, 5.74) is 4.99. The van der Waals surface area contributed by atoms with Gasteiger partial charge in [-0.15, -0.1) is 0 Å². The molecule has 0 spiro atoms. The zero-order chi connectivity index (χ0) is 21.7. The highest BCUT2D eigenvalue weighted by atomic mass is 16.2. The van der Waals surface area contributed by atoms with Gasteiger partial charge in [0, 0.05) is 25.4 Å². The predicted octanol–water partition coefficient (Wildman–Crippen LogP) is 4.14. The molecule has 0 aliphatic heterocycles. The average molecular weight is 402 g/mol. The van der Waals surface area contributed by atoms with Crippen LogP contribution in [-0.4, -0.2) is 28.7 Å². The molecule has 30 heavy (non-hydrogen) atoms. The molecule has 0 fully saturated rings. The smallest absolute Gasteiger partial charge is 0.255 e. The van der Waals surface area contributed by atoms with E-state index in [1.807, 2.05) is 69.3 Å². The maximum atomic E-state index is 13.9. The number of nitrogens with one attached hydrogen (secondary N) is 1. The van der Waals surface area contributed by atoms with Crippen LogP contribution in [0.3, 0.4) is 0 Å². The van der Waals surface area contributed by atoms with E-state index >= 15 is 0 Å².